The van der Waals surface area contributed by atoms with Gasteiger partial charge in [0.25, 0.3) is 0 Å². The number of nitrogens with two attached hydrogens (primary N) is 1. The summed E-state index contributed by atoms with van der Waals surface area (Å²) >= 11 is 1.14. The second-order valence-electron chi connectivity index (χ2n) is 4.14. The Labute approximate surface area is 124 Å². The van der Waals surface area contributed by atoms with Gasteiger partial charge >= 0.3 is 6.18 Å². The first-order valence-corrected chi connectivity index (χ1v) is 6.85. The first-order valence-electron chi connectivity index (χ1n) is 6.03. The third-order valence-electron chi connectivity index (χ3n) is 2.72. The molecule has 1 aromatic carbocycles. The van der Waals surface area contributed by atoms with Gasteiger partial charge in [0.05, 0.1) is 7.11 Å². The largest absolute Gasteiger partial charge is 0.497 e. The van der Waals surface area contributed by atoms with Crippen molar-refractivity contribution in [1.29, 1.82) is 0 Å². The minimum atomic E-state index is -4.47. The van der Waals surface area contributed by atoms with E-state index in [0.29, 0.717) is 11.3 Å². The fourth-order valence-electron chi connectivity index (χ4n) is 1.63. The Morgan fingerprint density at radius 1 is 1.14 bits per heavy atom. The van der Waals surface area contributed by atoms with Crippen LogP contribution in [0.1, 0.15) is 11.3 Å². The Morgan fingerprint density at radius 2 is 1.81 bits per heavy atom. The fraction of sp³-hybridized carbons (Fsp3) is 0.214. The summed E-state index contributed by atoms with van der Waals surface area (Å²) in [6.45, 7) is 0.129. The average molecular weight is 314 g/mol. The summed E-state index contributed by atoms with van der Waals surface area (Å²) in [6.07, 6.45) is -4.47. The maximum Gasteiger partial charge on any atom is 0.433 e. The van der Waals surface area contributed by atoms with Crippen molar-refractivity contribution in [1.82, 2.24) is 4.98 Å². The normalized spacial score (nSPS) is 11.5. The highest BCUT2D eigenvalue weighted by atomic mass is 32.2. The van der Waals surface area contributed by atoms with Gasteiger partial charge in [0.15, 0.2) is 0 Å². The van der Waals surface area contributed by atoms with Gasteiger partial charge in [0.2, 0.25) is 0 Å². The van der Waals surface area contributed by atoms with E-state index in [1.165, 1.54) is 6.07 Å². The van der Waals surface area contributed by atoms with Gasteiger partial charge in [-0.05, 0) is 35.9 Å². The van der Waals surface area contributed by atoms with Gasteiger partial charge in [-0.2, -0.15) is 13.2 Å². The lowest BCUT2D eigenvalue weighted by Crippen LogP contribution is -2.10. The molecular formula is C14H13F3N2OS. The second kappa shape index (κ2) is 6.36. The highest BCUT2D eigenvalue weighted by Gasteiger charge is 2.33. The first kappa shape index (κ1) is 15.7. The van der Waals surface area contributed by atoms with Crippen LogP contribution in [-0.4, -0.2) is 12.1 Å². The third kappa shape index (κ3) is 3.89. The highest BCUT2D eigenvalue weighted by Crippen LogP contribution is 2.34. The molecule has 2 N–H and O–H groups in total. The van der Waals surface area contributed by atoms with Crippen LogP contribution in [0.25, 0.3) is 0 Å². The zero-order valence-electron chi connectivity index (χ0n) is 11.1. The van der Waals surface area contributed by atoms with Crippen molar-refractivity contribution in [2.24, 2.45) is 5.73 Å². The molecule has 0 saturated carbocycles. The van der Waals surface area contributed by atoms with Crippen LogP contribution in [-0.2, 0) is 12.7 Å². The van der Waals surface area contributed by atoms with Gasteiger partial charge in [-0.3, -0.25) is 0 Å². The number of pyridine rings is 1. The maximum atomic E-state index is 12.7. The summed E-state index contributed by atoms with van der Waals surface area (Å²) in [5.74, 6) is 0.676. The lowest BCUT2D eigenvalue weighted by molar-refractivity contribution is -0.141. The Morgan fingerprint density at radius 3 is 2.33 bits per heavy atom. The molecule has 0 aliphatic heterocycles. The molecule has 2 aromatic rings. The average Bonchev–Trinajstić information content (AvgIpc) is 2.47. The Bertz CT molecular complexity index is 615. The first-order chi connectivity index (χ1) is 9.94. The van der Waals surface area contributed by atoms with E-state index in [0.717, 1.165) is 22.7 Å². The zero-order chi connectivity index (χ0) is 15.5. The Kier molecular flexibility index (Phi) is 4.74. The van der Waals surface area contributed by atoms with Gasteiger partial charge in [0, 0.05) is 11.4 Å². The molecule has 0 fully saturated rings. The highest BCUT2D eigenvalue weighted by molar-refractivity contribution is 7.99. The molecule has 0 saturated heterocycles. The number of rotatable bonds is 4. The van der Waals surface area contributed by atoms with Crippen LogP contribution in [0.5, 0.6) is 5.75 Å². The summed E-state index contributed by atoms with van der Waals surface area (Å²) in [7, 11) is 1.54. The summed E-state index contributed by atoms with van der Waals surface area (Å²) < 4.78 is 43.2. The Balaban J connectivity index is 2.32. The van der Waals surface area contributed by atoms with Crippen LogP contribution >= 0.6 is 11.8 Å². The topological polar surface area (TPSA) is 48.1 Å². The lowest BCUT2D eigenvalue weighted by Gasteiger charge is -2.11. The van der Waals surface area contributed by atoms with Gasteiger partial charge in [-0.15, -0.1) is 0 Å². The van der Waals surface area contributed by atoms with Crippen LogP contribution < -0.4 is 10.5 Å². The zero-order valence-corrected chi connectivity index (χ0v) is 12.0. The van der Waals surface area contributed by atoms with Gasteiger partial charge in [-0.1, -0.05) is 17.8 Å². The molecule has 1 aromatic heterocycles. The molecule has 21 heavy (non-hydrogen) atoms. The molecule has 7 heteroatoms. The van der Waals surface area contributed by atoms with Crippen molar-refractivity contribution >= 4 is 11.8 Å². The number of nitrogens with zero attached hydrogens (tertiary/aromatic N) is 1. The number of ether oxygens (including phenoxy) is 1. The van der Waals surface area contributed by atoms with E-state index in [9.17, 15) is 13.2 Å². The van der Waals surface area contributed by atoms with Gasteiger partial charge in [0.1, 0.15) is 16.5 Å². The number of hydrogen-bond donors (Lipinski definition) is 1. The van der Waals surface area contributed by atoms with Crippen molar-refractivity contribution in [2.75, 3.05) is 7.11 Å². The van der Waals surface area contributed by atoms with E-state index in [1.807, 2.05) is 0 Å². The van der Waals surface area contributed by atoms with Crippen LogP contribution in [0.2, 0.25) is 0 Å². The number of alkyl halides is 3. The number of halogens is 3. The van der Waals surface area contributed by atoms with Crippen LogP contribution in [0.3, 0.4) is 0 Å². The molecule has 112 valence electrons. The molecule has 0 radical (unpaired) electrons. The molecule has 0 spiro atoms. The number of hydrogen-bond acceptors (Lipinski definition) is 4. The lowest BCUT2D eigenvalue weighted by atomic mass is 10.2. The summed E-state index contributed by atoms with van der Waals surface area (Å²) in [6, 6.07) is 9.29. The van der Waals surface area contributed by atoms with Gasteiger partial charge < -0.3 is 10.5 Å². The van der Waals surface area contributed by atoms with E-state index in [1.54, 1.807) is 31.4 Å². The van der Waals surface area contributed by atoms with E-state index in [4.69, 9.17) is 10.5 Å². The minimum absolute atomic E-state index is 0.129. The van der Waals surface area contributed by atoms with Crippen LogP contribution in [0, 0.1) is 0 Å². The van der Waals surface area contributed by atoms with Crippen molar-refractivity contribution in [3.8, 4) is 5.75 Å². The summed E-state index contributed by atoms with van der Waals surface area (Å²) in [4.78, 5) is 4.44. The molecular weight excluding hydrogens is 301 g/mol. The fourth-order valence-corrected chi connectivity index (χ4v) is 2.55. The quantitative estimate of drug-likeness (QED) is 0.934. The summed E-state index contributed by atoms with van der Waals surface area (Å²) in [5, 5.41) is 0.262. The van der Waals surface area contributed by atoms with Gasteiger partial charge in [-0.25, -0.2) is 4.98 Å². The molecule has 0 unspecified atom stereocenters. The predicted molar refractivity (Wildman–Crippen MR) is 74.2 cm³/mol. The van der Waals surface area contributed by atoms with Crippen molar-refractivity contribution in [3.63, 3.8) is 0 Å². The monoisotopic (exact) mass is 314 g/mol. The smallest absolute Gasteiger partial charge is 0.433 e. The van der Waals surface area contributed by atoms with E-state index >= 15 is 0 Å². The Hall–Kier alpha value is -1.73. The van der Waals surface area contributed by atoms with E-state index < -0.39 is 11.9 Å². The van der Waals surface area contributed by atoms with Crippen molar-refractivity contribution in [3.05, 3.63) is 47.7 Å². The molecule has 0 amide bonds. The van der Waals surface area contributed by atoms with Crippen LogP contribution in [0.4, 0.5) is 13.2 Å². The number of methoxy groups -OCH3 is 1. The molecule has 0 aliphatic carbocycles. The van der Waals surface area contributed by atoms with Crippen LogP contribution in [0.15, 0.2) is 46.3 Å². The summed E-state index contributed by atoms with van der Waals surface area (Å²) in [5.41, 5.74) is 5.21. The third-order valence-corrected chi connectivity index (χ3v) is 3.78. The number of benzene rings is 1. The molecule has 1 heterocycles. The SMILES string of the molecule is COc1ccc(Sc2nc(C(F)(F)F)ccc2CN)cc1. The molecule has 3 nitrogen and oxygen atoms in total. The van der Waals surface area contributed by atoms with Crippen molar-refractivity contribution in [2.45, 2.75) is 22.6 Å². The minimum Gasteiger partial charge on any atom is -0.497 e. The molecule has 0 aliphatic rings. The number of aromatic nitrogens is 1. The standard InChI is InChI=1S/C14H13F3N2OS/c1-20-10-3-5-11(6-4-10)21-13-9(8-18)2-7-12(19-13)14(15,16)17/h2-7H,8,18H2,1H3. The molecule has 0 bridgehead atoms. The van der Waals surface area contributed by atoms with E-state index in [2.05, 4.69) is 4.98 Å². The second-order valence-corrected chi connectivity index (χ2v) is 5.20. The molecule has 2 rings (SSSR count). The van der Waals surface area contributed by atoms with E-state index in [-0.39, 0.29) is 11.6 Å². The predicted octanol–water partition coefficient (Wildman–Crippen LogP) is 3.72. The maximum absolute atomic E-state index is 12.7. The molecule has 0 atom stereocenters. The van der Waals surface area contributed by atoms with Crippen molar-refractivity contribution < 1.29 is 17.9 Å².